The molecule has 0 spiro atoms. The molecule has 0 bridgehead atoms. The Bertz CT molecular complexity index is 735. The molecule has 0 radical (unpaired) electrons. The summed E-state index contributed by atoms with van der Waals surface area (Å²) in [6.07, 6.45) is 1.85. The van der Waals surface area contributed by atoms with E-state index in [1.165, 1.54) is 23.5 Å². The van der Waals surface area contributed by atoms with E-state index in [0.717, 1.165) is 35.8 Å². The largest absolute Gasteiger partial charge is 0.300 e. The summed E-state index contributed by atoms with van der Waals surface area (Å²) in [5.74, 6) is -0.281. The van der Waals surface area contributed by atoms with Crippen LogP contribution in [-0.4, -0.2) is 39.3 Å². The van der Waals surface area contributed by atoms with Gasteiger partial charge in [-0.3, -0.25) is 9.69 Å². The van der Waals surface area contributed by atoms with Crippen LogP contribution in [0.5, 0.6) is 0 Å². The van der Waals surface area contributed by atoms with E-state index >= 15 is 0 Å². The molecule has 1 N–H and O–H groups in total. The molecule has 0 saturated carbocycles. The number of carbonyl (C=O) groups excluding carboxylic acids is 1. The summed E-state index contributed by atoms with van der Waals surface area (Å²) in [6, 6.07) is 6.56. The number of anilines is 1. The van der Waals surface area contributed by atoms with Gasteiger partial charge in [0.2, 0.25) is 11.0 Å². The SMILES string of the molecule is CC(C)Sc1nnc(NC(=O)[C@H]2CCCN(Cc3ccc(F)cc3)C2)s1. The number of benzene rings is 1. The highest BCUT2D eigenvalue weighted by molar-refractivity contribution is 8.01. The van der Waals surface area contributed by atoms with Crippen LogP contribution in [0, 0.1) is 11.7 Å². The smallest absolute Gasteiger partial charge is 0.230 e. The molecule has 1 atom stereocenters. The van der Waals surface area contributed by atoms with Crippen LogP contribution in [0.4, 0.5) is 9.52 Å². The minimum absolute atomic E-state index is 0.00560. The van der Waals surface area contributed by atoms with E-state index in [-0.39, 0.29) is 17.6 Å². The first kappa shape index (κ1) is 19.3. The van der Waals surface area contributed by atoms with Crippen LogP contribution in [0.3, 0.4) is 0 Å². The molecule has 1 aliphatic rings. The third-order valence-electron chi connectivity index (χ3n) is 4.17. The van der Waals surface area contributed by atoms with E-state index in [1.54, 1.807) is 23.9 Å². The number of nitrogens with zero attached hydrogens (tertiary/aromatic N) is 3. The highest BCUT2D eigenvalue weighted by Gasteiger charge is 2.26. The molecular formula is C18H23FN4OS2. The van der Waals surface area contributed by atoms with Crippen molar-refractivity contribution in [3.05, 3.63) is 35.6 Å². The van der Waals surface area contributed by atoms with Crippen LogP contribution in [0.2, 0.25) is 0 Å². The molecule has 1 aromatic heterocycles. The molecular weight excluding hydrogens is 371 g/mol. The Morgan fingerprint density at radius 2 is 2.15 bits per heavy atom. The predicted octanol–water partition coefficient (Wildman–Crippen LogP) is 4.03. The van der Waals surface area contributed by atoms with Crippen LogP contribution >= 0.6 is 23.1 Å². The van der Waals surface area contributed by atoms with E-state index in [9.17, 15) is 9.18 Å². The maximum Gasteiger partial charge on any atom is 0.230 e. The first-order valence-corrected chi connectivity index (χ1v) is 10.5. The van der Waals surface area contributed by atoms with Gasteiger partial charge < -0.3 is 5.32 Å². The van der Waals surface area contributed by atoms with Crippen LogP contribution < -0.4 is 5.32 Å². The number of amides is 1. The van der Waals surface area contributed by atoms with Crippen molar-refractivity contribution in [1.82, 2.24) is 15.1 Å². The molecule has 0 unspecified atom stereocenters. The minimum atomic E-state index is -0.225. The predicted molar refractivity (Wildman–Crippen MR) is 104 cm³/mol. The second-order valence-corrected chi connectivity index (χ2v) is 9.53. The molecule has 8 heteroatoms. The first-order chi connectivity index (χ1) is 12.5. The molecule has 26 heavy (non-hydrogen) atoms. The van der Waals surface area contributed by atoms with Gasteiger partial charge in [-0.05, 0) is 37.1 Å². The fourth-order valence-corrected chi connectivity index (χ4v) is 4.96. The first-order valence-electron chi connectivity index (χ1n) is 8.77. The Hall–Kier alpha value is -1.51. The topological polar surface area (TPSA) is 58.1 Å². The van der Waals surface area contributed by atoms with Crippen molar-refractivity contribution in [2.24, 2.45) is 5.92 Å². The fourth-order valence-electron chi connectivity index (χ4n) is 2.98. The lowest BCUT2D eigenvalue weighted by molar-refractivity contribution is -0.121. The average molecular weight is 395 g/mol. The van der Waals surface area contributed by atoms with Gasteiger partial charge in [-0.2, -0.15) is 0 Å². The van der Waals surface area contributed by atoms with Gasteiger partial charge >= 0.3 is 0 Å². The third kappa shape index (κ3) is 5.49. The summed E-state index contributed by atoms with van der Waals surface area (Å²) >= 11 is 3.06. The minimum Gasteiger partial charge on any atom is -0.300 e. The normalized spacial score (nSPS) is 18.2. The van der Waals surface area contributed by atoms with Crippen molar-refractivity contribution in [3.63, 3.8) is 0 Å². The highest BCUT2D eigenvalue weighted by atomic mass is 32.2. The monoisotopic (exact) mass is 394 g/mol. The molecule has 140 valence electrons. The van der Waals surface area contributed by atoms with Crippen molar-refractivity contribution in [2.75, 3.05) is 18.4 Å². The molecule has 5 nitrogen and oxygen atoms in total. The maximum atomic E-state index is 13.0. The Morgan fingerprint density at radius 3 is 2.88 bits per heavy atom. The summed E-state index contributed by atoms with van der Waals surface area (Å²) in [4.78, 5) is 14.8. The molecule has 0 aliphatic carbocycles. The highest BCUT2D eigenvalue weighted by Crippen LogP contribution is 2.29. The summed E-state index contributed by atoms with van der Waals surface area (Å²) in [6.45, 7) is 6.59. The van der Waals surface area contributed by atoms with Crippen molar-refractivity contribution in [3.8, 4) is 0 Å². The summed E-state index contributed by atoms with van der Waals surface area (Å²) in [5.41, 5.74) is 1.06. The van der Waals surface area contributed by atoms with Crippen LogP contribution in [0.25, 0.3) is 0 Å². The van der Waals surface area contributed by atoms with Crippen LogP contribution in [0.15, 0.2) is 28.6 Å². The zero-order valence-electron chi connectivity index (χ0n) is 14.9. The molecule has 2 aromatic rings. The van der Waals surface area contributed by atoms with E-state index in [0.29, 0.717) is 16.9 Å². The molecule has 1 saturated heterocycles. The van der Waals surface area contributed by atoms with Gasteiger partial charge in [0.1, 0.15) is 5.82 Å². The number of likely N-dealkylation sites (tertiary alicyclic amines) is 1. The molecule has 1 aromatic carbocycles. The number of hydrogen-bond donors (Lipinski definition) is 1. The second-order valence-electron chi connectivity index (χ2n) is 6.73. The van der Waals surface area contributed by atoms with Gasteiger partial charge in [0.25, 0.3) is 0 Å². The zero-order chi connectivity index (χ0) is 18.5. The van der Waals surface area contributed by atoms with E-state index < -0.39 is 0 Å². The molecule has 1 fully saturated rings. The zero-order valence-corrected chi connectivity index (χ0v) is 16.6. The Kier molecular flexibility index (Phi) is 6.61. The van der Waals surface area contributed by atoms with E-state index in [4.69, 9.17) is 0 Å². The van der Waals surface area contributed by atoms with Crippen LogP contribution in [0.1, 0.15) is 32.3 Å². The molecule has 3 rings (SSSR count). The van der Waals surface area contributed by atoms with Crippen molar-refractivity contribution < 1.29 is 9.18 Å². The quantitative estimate of drug-likeness (QED) is 0.592. The number of halogens is 1. The van der Waals surface area contributed by atoms with Gasteiger partial charge in [0.05, 0.1) is 5.92 Å². The number of carbonyl (C=O) groups is 1. The summed E-state index contributed by atoms with van der Waals surface area (Å²) < 4.78 is 13.9. The Labute approximate surface area is 161 Å². The van der Waals surface area contributed by atoms with E-state index in [1.807, 2.05) is 0 Å². The number of aromatic nitrogens is 2. The van der Waals surface area contributed by atoms with Crippen molar-refractivity contribution in [2.45, 2.75) is 42.8 Å². The van der Waals surface area contributed by atoms with Crippen molar-refractivity contribution in [1.29, 1.82) is 0 Å². The Balaban J connectivity index is 1.54. The summed E-state index contributed by atoms with van der Waals surface area (Å²) in [5, 5.41) is 12.1. The standard InChI is InChI=1S/C18H23FN4OS2/c1-12(2)25-18-22-21-17(26-18)20-16(24)14-4-3-9-23(11-14)10-13-5-7-15(19)8-6-13/h5-8,12,14H,3-4,9-11H2,1-2H3,(H,20,21,24)/t14-/m0/s1. The number of rotatable bonds is 6. The maximum absolute atomic E-state index is 13.0. The lowest BCUT2D eigenvalue weighted by Crippen LogP contribution is -2.40. The third-order valence-corrected chi connectivity index (χ3v) is 6.10. The Morgan fingerprint density at radius 1 is 1.38 bits per heavy atom. The average Bonchev–Trinajstić information content (AvgIpc) is 3.03. The lowest BCUT2D eigenvalue weighted by atomic mass is 9.97. The van der Waals surface area contributed by atoms with Gasteiger partial charge in [0.15, 0.2) is 4.34 Å². The van der Waals surface area contributed by atoms with Gasteiger partial charge in [-0.1, -0.05) is 49.1 Å². The van der Waals surface area contributed by atoms with Crippen molar-refractivity contribution >= 4 is 34.1 Å². The second kappa shape index (κ2) is 8.92. The number of nitrogens with one attached hydrogen (secondary N) is 1. The molecule has 1 aliphatic heterocycles. The molecule has 1 amide bonds. The number of hydrogen-bond acceptors (Lipinski definition) is 6. The lowest BCUT2D eigenvalue weighted by Gasteiger charge is -2.31. The number of thioether (sulfide) groups is 1. The van der Waals surface area contributed by atoms with E-state index in [2.05, 4.69) is 34.3 Å². The fraction of sp³-hybridized carbons (Fsp3) is 0.500. The van der Waals surface area contributed by atoms with Gasteiger partial charge in [0, 0.05) is 18.3 Å². The van der Waals surface area contributed by atoms with Gasteiger partial charge in [-0.25, -0.2) is 4.39 Å². The number of piperidine rings is 1. The molecule has 2 heterocycles. The summed E-state index contributed by atoms with van der Waals surface area (Å²) in [7, 11) is 0. The van der Waals surface area contributed by atoms with Gasteiger partial charge in [-0.15, -0.1) is 10.2 Å². The van der Waals surface area contributed by atoms with Crippen LogP contribution in [-0.2, 0) is 11.3 Å².